The smallest absolute Gasteiger partial charge is 0.160 e. The van der Waals surface area contributed by atoms with Crippen LogP contribution in [0.2, 0.25) is 0 Å². The average Bonchev–Trinajstić information content (AvgIpc) is 3.25. The van der Waals surface area contributed by atoms with Gasteiger partial charge in [0, 0.05) is 24.9 Å². The third kappa shape index (κ3) is 2.54. The number of fused-ring (bicyclic) bond motifs is 1. The maximum atomic E-state index is 4.43. The predicted octanol–water partition coefficient (Wildman–Crippen LogP) is 1.67. The Morgan fingerprint density at radius 3 is 2.76 bits per heavy atom. The molecule has 1 aliphatic rings. The Labute approximate surface area is 121 Å². The molecule has 21 heavy (non-hydrogen) atoms. The Kier molecular flexibility index (Phi) is 2.95. The van der Waals surface area contributed by atoms with Crippen LogP contribution in [-0.4, -0.2) is 36.7 Å². The van der Waals surface area contributed by atoms with Gasteiger partial charge < -0.3 is 5.32 Å². The van der Waals surface area contributed by atoms with Gasteiger partial charge in [-0.3, -0.25) is 5.10 Å². The van der Waals surface area contributed by atoms with E-state index < -0.39 is 0 Å². The van der Waals surface area contributed by atoms with Crippen LogP contribution in [0.25, 0.3) is 11.0 Å². The van der Waals surface area contributed by atoms with E-state index in [1.165, 1.54) is 19.2 Å². The zero-order valence-corrected chi connectivity index (χ0v) is 11.5. The summed E-state index contributed by atoms with van der Waals surface area (Å²) in [7, 11) is 0. The molecule has 0 aliphatic heterocycles. The number of hydrogen-bond acceptors (Lipinski definition) is 6. The Hall–Kier alpha value is -2.57. The van der Waals surface area contributed by atoms with Gasteiger partial charge in [0.15, 0.2) is 5.65 Å². The number of rotatable bonds is 5. The van der Waals surface area contributed by atoms with Crippen LogP contribution in [0.3, 0.4) is 0 Å². The Morgan fingerprint density at radius 1 is 1.10 bits per heavy atom. The first-order valence-electron chi connectivity index (χ1n) is 7.09. The van der Waals surface area contributed by atoms with Gasteiger partial charge in [0.25, 0.3) is 0 Å². The maximum Gasteiger partial charge on any atom is 0.160 e. The SMILES string of the molecule is c1nc(NCCc2cnc(C3CC3)nc2)c2cn[nH]c2n1. The third-order valence-electron chi connectivity index (χ3n) is 3.62. The van der Waals surface area contributed by atoms with Crippen LogP contribution in [0.15, 0.2) is 24.9 Å². The summed E-state index contributed by atoms with van der Waals surface area (Å²) in [5, 5.41) is 11.0. The van der Waals surface area contributed by atoms with Crippen LogP contribution in [0, 0.1) is 0 Å². The minimum atomic E-state index is 0.604. The quantitative estimate of drug-likeness (QED) is 0.739. The molecule has 0 aromatic carbocycles. The highest BCUT2D eigenvalue weighted by Crippen LogP contribution is 2.37. The molecule has 0 unspecified atom stereocenters. The second kappa shape index (κ2) is 5.08. The van der Waals surface area contributed by atoms with Gasteiger partial charge in [-0.25, -0.2) is 19.9 Å². The van der Waals surface area contributed by atoms with Crippen molar-refractivity contribution in [2.45, 2.75) is 25.2 Å². The molecule has 7 nitrogen and oxygen atoms in total. The van der Waals surface area contributed by atoms with Crippen LogP contribution < -0.4 is 5.32 Å². The van der Waals surface area contributed by atoms with Crippen molar-refractivity contribution in [2.24, 2.45) is 0 Å². The summed E-state index contributed by atoms with van der Waals surface area (Å²) in [4.78, 5) is 17.2. The zero-order chi connectivity index (χ0) is 14.1. The fourth-order valence-corrected chi connectivity index (χ4v) is 2.28. The molecule has 1 aliphatic carbocycles. The number of hydrogen-bond donors (Lipinski definition) is 2. The average molecular weight is 281 g/mol. The van der Waals surface area contributed by atoms with Gasteiger partial charge in [-0.1, -0.05) is 0 Å². The molecular formula is C14H15N7. The lowest BCUT2D eigenvalue weighted by Crippen LogP contribution is -2.07. The van der Waals surface area contributed by atoms with Crippen molar-refractivity contribution in [1.82, 2.24) is 30.1 Å². The molecule has 3 aromatic rings. The molecule has 7 heteroatoms. The van der Waals surface area contributed by atoms with Crippen molar-refractivity contribution in [1.29, 1.82) is 0 Å². The van der Waals surface area contributed by atoms with Crippen molar-refractivity contribution in [2.75, 3.05) is 11.9 Å². The lowest BCUT2D eigenvalue weighted by Gasteiger charge is -2.06. The van der Waals surface area contributed by atoms with E-state index in [-0.39, 0.29) is 0 Å². The summed E-state index contributed by atoms with van der Waals surface area (Å²) in [5.74, 6) is 2.39. The van der Waals surface area contributed by atoms with Crippen LogP contribution in [0.5, 0.6) is 0 Å². The molecule has 0 spiro atoms. The number of anilines is 1. The van der Waals surface area contributed by atoms with Gasteiger partial charge in [0.05, 0.1) is 11.6 Å². The van der Waals surface area contributed by atoms with E-state index in [9.17, 15) is 0 Å². The van der Waals surface area contributed by atoms with Crippen LogP contribution >= 0.6 is 0 Å². The first kappa shape index (κ1) is 12.2. The minimum absolute atomic E-state index is 0.604. The van der Waals surface area contributed by atoms with E-state index in [0.717, 1.165) is 41.2 Å². The highest BCUT2D eigenvalue weighted by Gasteiger charge is 2.25. The lowest BCUT2D eigenvalue weighted by atomic mass is 10.2. The van der Waals surface area contributed by atoms with Gasteiger partial charge in [0.2, 0.25) is 0 Å². The molecule has 3 heterocycles. The van der Waals surface area contributed by atoms with E-state index in [0.29, 0.717) is 5.92 Å². The molecule has 4 rings (SSSR count). The van der Waals surface area contributed by atoms with E-state index in [2.05, 4.69) is 35.5 Å². The molecule has 0 saturated heterocycles. The van der Waals surface area contributed by atoms with E-state index >= 15 is 0 Å². The number of aromatic amines is 1. The molecule has 0 radical (unpaired) electrons. The van der Waals surface area contributed by atoms with Gasteiger partial charge >= 0.3 is 0 Å². The monoisotopic (exact) mass is 281 g/mol. The largest absolute Gasteiger partial charge is 0.369 e. The van der Waals surface area contributed by atoms with Crippen molar-refractivity contribution in [3.8, 4) is 0 Å². The van der Waals surface area contributed by atoms with E-state index in [1.807, 2.05) is 12.4 Å². The van der Waals surface area contributed by atoms with Gasteiger partial charge in [-0.15, -0.1) is 0 Å². The second-order valence-corrected chi connectivity index (χ2v) is 5.26. The fraction of sp³-hybridized carbons (Fsp3) is 0.357. The fourth-order valence-electron chi connectivity index (χ4n) is 2.28. The first-order chi connectivity index (χ1) is 10.4. The van der Waals surface area contributed by atoms with Gasteiger partial charge in [-0.2, -0.15) is 5.10 Å². The Bertz CT molecular complexity index is 745. The summed E-state index contributed by atoms with van der Waals surface area (Å²) in [6.07, 6.45) is 10.4. The van der Waals surface area contributed by atoms with Crippen molar-refractivity contribution in [3.63, 3.8) is 0 Å². The Balaban J connectivity index is 1.39. The maximum absolute atomic E-state index is 4.43. The summed E-state index contributed by atoms with van der Waals surface area (Å²) < 4.78 is 0. The molecule has 1 fully saturated rings. The molecule has 2 N–H and O–H groups in total. The van der Waals surface area contributed by atoms with Crippen LogP contribution in [-0.2, 0) is 6.42 Å². The minimum Gasteiger partial charge on any atom is -0.369 e. The molecule has 0 bridgehead atoms. The highest BCUT2D eigenvalue weighted by atomic mass is 15.2. The number of H-pyrrole nitrogens is 1. The van der Waals surface area contributed by atoms with E-state index in [1.54, 1.807) is 6.20 Å². The standard InChI is InChI=1S/C14H15N7/c1-2-10(1)12-16-5-9(6-17-12)3-4-15-13-11-7-20-21-14(11)19-8-18-13/h5-8,10H,1-4H2,(H2,15,18,19,20,21). The summed E-state index contributed by atoms with van der Waals surface area (Å²) in [6.45, 7) is 0.767. The van der Waals surface area contributed by atoms with Crippen LogP contribution in [0.1, 0.15) is 30.1 Å². The summed E-state index contributed by atoms with van der Waals surface area (Å²) >= 11 is 0. The highest BCUT2D eigenvalue weighted by molar-refractivity contribution is 5.85. The molecule has 1 saturated carbocycles. The van der Waals surface area contributed by atoms with E-state index in [4.69, 9.17) is 0 Å². The van der Waals surface area contributed by atoms with Crippen molar-refractivity contribution < 1.29 is 0 Å². The molecular weight excluding hydrogens is 266 g/mol. The molecule has 3 aromatic heterocycles. The van der Waals surface area contributed by atoms with Crippen molar-refractivity contribution in [3.05, 3.63) is 36.3 Å². The second-order valence-electron chi connectivity index (χ2n) is 5.26. The topological polar surface area (TPSA) is 92.3 Å². The zero-order valence-electron chi connectivity index (χ0n) is 11.5. The first-order valence-corrected chi connectivity index (χ1v) is 7.09. The van der Waals surface area contributed by atoms with Gasteiger partial charge in [-0.05, 0) is 24.8 Å². The van der Waals surface area contributed by atoms with Crippen molar-refractivity contribution >= 4 is 16.9 Å². The molecule has 106 valence electrons. The summed E-state index contributed by atoms with van der Waals surface area (Å²) in [6, 6.07) is 0. The summed E-state index contributed by atoms with van der Waals surface area (Å²) in [5.41, 5.74) is 1.87. The molecule has 0 atom stereocenters. The molecule has 0 amide bonds. The van der Waals surface area contributed by atoms with Crippen LogP contribution in [0.4, 0.5) is 5.82 Å². The number of nitrogens with one attached hydrogen (secondary N) is 2. The Morgan fingerprint density at radius 2 is 1.95 bits per heavy atom. The number of nitrogens with zero attached hydrogens (tertiary/aromatic N) is 5. The third-order valence-corrected chi connectivity index (χ3v) is 3.62. The number of aromatic nitrogens is 6. The normalized spacial score (nSPS) is 14.5. The van der Waals surface area contributed by atoms with Gasteiger partial charge in [0.1, 0.15) is 18.0 Å². The predicted molar refractivity (Wildman–Crippen MR) is 77.9 cm³/mol. The lowest BCUT2D eigenvalue weighted by molar-refractivity contribution is 0.891.